The van der Waals surface area contributed by atoms with Gasteiger partial charge in [-0.05, 0) is 37.9 Å². The van der Waals surface area contributed by atoms with Crippen molar-refractivity contribution in [2.24, 2.45) is 0 Å². The molecule has 1 aliphatic heterocycles. The molecule has 6 heteroatoms. The second kappa shape index (κ2) is 6.47. The molecule has 0 radical (unpaired) electrons. The van der Waals surface area contributed by atoms with E-state index < -0.39 is 0 Å². The molecule has 0 bridgehead atoms. The molecule has 1 unspecified atom stereocenters. The van der Waals surface area contributed by atoms with Gasteiger partial charge in [-0.1, -0.05) is 11.6 Å². The van der Waals surface area contributed by atoms with Gasteiger partial charge in [0, 0.05) is 23.5 Å². The number of rotatable bonds is 5. The number of nitrogens with one attached hydrogen (secondary N) is 1. The minimum absolute atomic E-state index is 0.591. The maximum atomic E-state index is 5.33. The molecule has 1 fully saturated rings. The third-order valence-corrected chi connectivity index (χ3v) is 4.28. The fourth-order valence-electron chi connectivity index (χ4n) is 2.58. The monoisotopic (exact) mass is 292 g/mol. The molecule has 1 N–H and O–H groups in total. The predicted molar refractivity (Wildman–Crippen MR) is 79.6 cm³/mol. The van der Waals surface area contributed by atoms with Crippen LogP contribution in [0.15, 0.2) is 21.3 Å². The van der Waals surface area contributed by atoms with Crippen LogP contribution in [-0.4, -0.2) is 41.2 Å². The van der Waals surface area contributed by atoms with E-state index in [1.54, 1.807) is 11.3 Å². The highest BCUT2D eigenvalue weighted by atomic mass is 32.1. The summed E-state index contributed by atoms with van der Waals surface area (Å²) >= 11 is 1.64. The SMILES string of the molecule is CN(Cc1nc(-c2ccsc2)no1)CC1CCCCN1. The lowest BCUT2D eigenvalue weighted by Crippen LogP contribution is -2.42. The summed E-state index contributed by atoms with van der Waals surface area (Å²) in [5.74, 6) is 1.37. The van der Waals surface area contributed by atoms with E-state index in [1.165, 1.54) is 19.3 Å². The largest absolute Gasteiger partial charge is 0.338 e. The molecule has 1 aliphatic rings. The van der Waals surface area contributed by atoms with Gasteiger partial charge in [-0.25, -0.2) is 0 Å². The van der Waals surface area contributed by atoms with Crippen molar-refractivity contribution in [1.82, 2.24) is 20.4 Å². The van der Waals surface area contributed by atoms with E-state index >= 15 is 0 Å². The highest BCUT2D eigenvalue weighted by molar-refractivity contribution is 7.08. The van der Waals surface area contributed by atoms with Crippen molar-refractivity contribution in [3.63, 3.8) is 0 Å². The molecule has 20 heavy (non-hydrogen) atoms. The number of thiophene rings is 1. The third-order valence-electron chi connectivity index (χ3n) is 3.60. The summed E-state index contributed by atoms with van der Waals surface area (Å²) in [6, 6.07) is 2.60. The van der Waals surface area contributed by atoms with Crippen LogP contribution in [0.1, 0.15) is 25.2 Å². The Labute approximate surface area is 123 Å². The van der Waals surface area contributed by atoms with Crippen LogP contribution in [0.25, 0.3) is 11.4 Å². The van der Waals surface area contributed by atoms with E-state index in [2.05, 4.69) is 27.4 Å². The van der Waals surface area contributed by atoms with Crippen LogP contribution in [0, 0.1) is 0 Å². The van der Waals surface area contributed by atoms with Gasteiger partial charge in [-0.15, -0.1) is 0 Å². The molecule has 0 saturated carbocycles. The first-order chi connectivity index (χ1) is 9.81. The topological polar surface area (TPSA) is 54.2 Å². The number of nitrogens with zero attached hydrogens (tertiary/aromatic N) is 3. The predicted octanol–water partition coefficient (Wildman–Crippen LogP) is 2.37. The summed E-state index contributed by atoms with van der Waals surface area (Å²) in [4.78, 5) is 6.70. The summed E-state index contributed by atoms with van der Waals surface area (Å²) < 4.78 is 5.33. The summed E-state index contributed by atoms with van der Waals surface area (Å²) in [5, 5.41) is 11.6. The van der Waals surface area contributed by atoms with E-state index in [-0.39, 0.29) is 0 Å². The Bertz CT molecular complexity index is 519. The van der Waals surface area contributed by atoms with Gasteiger partial charge in [0.15, 0.2) is 0 Å². The fourth-order valence-corrected chi connectivity index (χ4v) is 3.21. The van der Waals surface area contributed by atoms with Crippen molar-refractivity contribution in [2.45, 2.75) is 31.8 Å². The van der Waals surface area contributed by atoms with Gasteiger partial charge < -0.3 is 9.84 Å². The Morgan fingerprint density at radius 1 is 1.50 bits per heavy atom. The van der Waals surface area contributed by atoms with Crippen molar-refractivity contribution < 1.29 is 4.52 Å². The normalized spacial score (nSPS) is 19.6. The Morgan fingerprint density at radius 2 is 2.45 bits per heavy atom. The maximum Gasteiger partial charge on any atom is 0.241 e. The highest BCUT2D eigenvalue weighted by Crippen LogP contribution is 2.19. The van der Waals surface area contributed by atoms with Crippen molar-refractivity contribution in [2.75, 3.05) is 20.1 Å². The first kappa shape index (κ1) is 13.7. The van der Waals surface area contributed by atoms with Crippen LogP contribution in [0.5, 0.6) is 0 Å². The van der Waals surface area contributed by atoms with E-state index in [0.29, 0.717) is 24.3 Å². The molecular formula is C14H20N4OS. The zero-order valence-corrected chi connectivity index (χ0v) is 12.5. The third kappa shape index (κ3) is 3.45. The molecule has 2 aromatic heterocycles. The second-order valence-electron chi connectivity index (χ2n) is 5.37. The number of likely N-dealkylation sites (N-methyl/N-ethyl adjacent to an activating group) is 1. The zero-order chi connectivity index (χ0) is 13.8. The summed E-state index contributed by atoms with van der Waals surface area (Å²) in [5.41, 5.74) is 1.03. The zero-order valence-electron chi connectivity index (χ0n) is 11.7. The summed E-state index contributed by atoms with van der Waals surface area (Å²) in [7, 11) is 2.10. The van der Waals surface area contributed by atoms with Crippen molar-refractivity contribution >= 4 is 11.3 Å². The fraction of sp³-hybridized carbons (Fsp3) is 0.571. The molecule has 5 nitrogen and oxygen atoms in total. The van der Waals surface area contributed by atoms with Crippen LogP contribution in [-0.2, 0) is 6.54 Å². The van der Waals surface area contributed by atoms with E-state index in [4.69, 9.17) is 4.52 Å². The Morgan fingerprint density at radius 3 is 3.20 bits per heavy atom. The van der Waals surface area contributed by atoms with Gasteiger partial charge in [-0.3, -0.25) is 4.90 Å². The lowest BCUT2D eigenvalue weighted by molar-refractivity contribution is 0.227. The first-order valence-corrected chi connectivity index (χ1v) is 8.02. The van der Waals surface area contributed by atoms with E-state index in [1.807, 2.05) is 16.8 Å². The molecular weight excluding hydrogens is 272 g/mol. The van der Waals surface area contributed by atoms with Crippen molar-refractivity contribution in [3.05, 3.63) is 22.7 Å². The van der Waals surface area contributed by atoms with Crippen LogP contribution in [0.2, 0.25) is 0 Å². The second-order valence-corrected chi connectivity index (χ2v) is 6.15. The van der Waals surface area contributed by atoms with Crippen LogP contribution >= 0.6 is 11.3 Å². The Kier molecular flexibility index (Phi) is 4.44. The number of aromatic nitrogens is 2. The molecule has 0 aromatic carbocycles. The molecule has 3 rings (SSSR count). The minimum Gasteiger partial charge on any atom is -0.338 e. The van der Waals surface area contributed by atoms with Gasteiger partial charge in [0.05, 0.1) is 6.54 Å². The van der Waals surface area contributed by atoms with Crippen LogP contribution < -0.4 is 5.32 Å². The maximum absolute atomic E-state index is 5.33. The molecule has 3 heterocycles. The lowest BCUT2D eigenvalue weighted by atomic mass is 10.0. The van der Waals surface area contributed by atoms with Crippen molar-refractivity contribution in [3.8, 4) is 11.4 Å². The van der Waals surface area contributed by atoms with Gasteiger partial charge >= 0.3 is 0 Å². The quantitative estimate of drug-likeness (QED) is 0.917. The smallest absolute Gasteiger partial charge is 0.241 e. The van der Waals surface area contributed by atoms with E-state index in [9.17, 15) is 0 Å². The van der Waals surface area contributed by atoms with E-state index in [0.717, 1.165) is 18.7 Å². The number of piperidine rings is 1. The van der Waals surface area contributed by atoms with Crippen molar-refractivity contribution in [1.29, 1.82) is 0 Å². The highest BCUT2D eigenvalue weighted by Gasteiger charge is 2.16. The Hall–Kier alpha value is -1.24. The number of hydrogen-bond donors (Lipinski definition) is 1. The molecule has 0 spiro atoms. The summed E-state index contributed by atoms with van der Waals surface area (Å²) in [6.07, 6.45) is 3.89. The molecule has 0 amide bonds. The Balaban J connectivity index is 1.54. The van der Waals surface area contributed by atoms with Crippen LogP contribution in [0.4, 0.5) is 0 Å². The molecule has 0 aliphatic carbocycles. The van der Waals surface area contributed by atoms with Gasteiger partial charge in [0.2, 0.25) is 11.7 Å². The standard InChI is InChI=1S/C14H20N4OS/c1-18(8-12-4-2-3-6-15-12)9-13-16-14(17-19-13)11-5-7-20-10-11/h5,7,10,12,15H,2-4,6,8-9H2,1H3. The average molecular weight is 292 g/mol. The molecule has 108 valence electrons. The van der Waals surface area contributed by atoms with Gasteiger partial charge in [0.25, 0.3) is 0 Å². The number of hydrogen-bond acceptors (Lipinski definition) is 6. The van der Waals surface area contributed by atoms with Crippen LogP contribution in [0.3, 0.4) is 0 Å². The van der Waals surface area contributed by atoms with Gasteiger partial charge in [-0.2, -0.15) is 16.3 Å². The molecule has 1 atom stereocenters. The molecule has 2 aromatic rings. The average Bonchev–Trinajstić information content (AvgIpc) is 3.10. The summed E-state index contributed by atoms with van der Waals surface area (Å²) in [6.45, 7) is 2.87. The lowest BCUT2D eigenvalue weighted by Gasteiger charge is -2.27. The van der Waals surface area contributed by atoms with Gasteiger partial charge in [0.1, 0.15) is 0 Å². The molecule has 1 saturated heterocycles. The first-order valence-electron chi connectivity index (χ1n) is 7.08. The minimum atomic E-state index is 0.591.